The lowest BCUT2D eigenvalue weighted by Crippen LogP contribution is -2.44. The molecule has 0 heterocycles. The summed E-state index contributed by atoms with van der Waals surface area (Å²) >= 11 is 0. The van der Waals surface area contributed by atoms with E-state index in [4.69, 9.17) is 0 Å². The highest BCUT2D eigenvalue weighted by Crippen LogP contribution is 2.38. The molecule has 2 aliphatic rings. The van der Waals surface area contributed by atoms with Crippen LogP contribution in [0, 0.1) is 16.7 Å². The van der Waals surface area contributed by atoms with E-state index in [-0.39, 0.29) is 11.9 Å². The average molecular weight is 254 g/mol. The average Bonchev–Trinajstić information content (AvgIpc) is 3.05. The van der Waals surface area contributed by atoms with Gasteiger partial charge in [0.2, 0.25) is 5.91 Å². The Hall–Kier alpha value is -1.82. The van der Waals surface area contributed by atoms with Crippen molar-refractivity contribution in [2.45, 2.75) is 44.6 Å². The summed E-state index contributed by atoms with van der Waals surface area (Å²) in [5, 5.41) is 12.4. The number of nitrogens with one attached hydrogen (secondary N) is 1. The van der Waals surface area contributed by atoms with Crippen LogP contribution in [-0.2, 0) is 17.6 Å². The fraction of sp³-hybridized carbons (Fsp3) is 0.500. The topological polar surface area (TPSA) is 52.9 Å². The minimum Gasteiger partial charge on any atom is -0.351 e. The third kappa shape index (κ3) is 2.12. The van der Waals surface area contributed by atoms with Crippen LogP contribution in [0.5, 0.6) is 0 Å². The first-order valence-electron chi connectivity index (χ1n) is 7.02. The Bertz CT molecular complexity index is 513. The number of benzene rings is 1. The molecule has 19 heavy (non-hydrogen) atoms. The van der Waals surface area contributed by atoms with Crippen molar-refractivity contribution in [2.24, 2.45) is 5.41 Å². The van der Waals surface area contributed by atoms with Gasteiger partial charge in [0, 0.05) is 6.04 Å². The quantitative estimate of drug-likeness (QED) is 0.880. The predicted octanol–water partition coefficient (Wildman–Crippen LogP) is 2.35. The van der Waals surface area contributed by atoms with Gasteiger partial charge in [-0.05, 0) is 36.8 Å². The molecule has 2 aliphatic carbocycles. The van der Waals surface area contributed by atoms with Crippen molar-refractivity contribution >= 4 is 5.91 Å². The number of nitrogens with zero attached hydrogens (tertiary/aromatic N) is 1. The number of hydrogen-bond donors (Lipinski definition) is 1. The van der Waals surface area contributed by atoms with Crippen LogP contribution in [0.4, 0.5) is 0 Å². The number of amides is 1. The van der Waals surface area contributed by atoms with Gasteiger partial charge in [0.25, 0.3) is 0 Å². The van der Waals surface area contributed by atoms with Crippen LogP contribution in [0.25, 0.3) is 0 Å². The van der Waals surface area contributed by atoms with E-state index in [9.17, 15) is 10.1 Å². The highest BCUT2D eigenvalue weighted by molar-refractivity contribution is 5.86. The Kier molecular flexibility index (Phi) is 3.02. The van der Waals surface area contributed by atoms with E-state index in [2.05, 4.69) is 23.5 Å². The Morgan fingerprint density at radius 2 is 1.79 bits per heavy atom. The summed E-state index contributed by atoms with van der Waals surface area (Å²) in [4.78, 5) is 12.4. The molecule has 0 atom stereocenters. The number of rotatable bonds is 2. The molecule has 0 spiro atoms. The SMILES string of the molecule is N#CC1(C(=O)NC2Cc3ccccc3C2)CCCC1. The Morgan fingerprint density at radius 3 is 2.32 bits per heavy atom. The first-order valence-corrected chi connectivity index (χ1v) is 7.02. The molecule has 0 aliphatic heterocycles. The second-order valence-electron chi connectivity index (χ2n) is 5.75. The maximum Gasteiger partial charge on any atom is 0.240 e. The standard InChI is InChI=1S/C16H18N2O/c17-11-16(7-3-4-8-16)15(19)18-14-9-12-5-1-2-6-13(12)10-14/h1-2,5-6,14H,3-4,7-10H2,(H,18,19). The fourth-order valence-electron chi connectivity index (χ4n) is 3.35. The summed E-state index contributed by atoms with van der Waals surface area (Å²) in [5.41, 5.74) is 1.89. The van der Waals surface area contributed by atoms with Gasteiger partial charge < -0.3 is 5.32 Å². The van der Waals surface area contributed by atoms with Gasteiger partial charge in [-0.25, -0.2) is 0 Å². The lowest BCUT2D eigenvalue weighted by Gasteiger charge is -2.22. The molecule has 0 unspecified atom stereocenters. The molecule has 0 saturated heterocycles. The molecule has 0 bridgehead atoms. The van der Waals surface area contributed by atoms with Crippen molar-refractivity contribution in [1.82, 2.24) is 5.32 Å². The van der Waals surface area contributed by atoms with E-state index >= 15 is 0 Å². The highest BCUT2D eigenvalue weighted by atomic mass is 16.2. The zero-order chi connectivity index (χ0) is 13.3. The highest BCUT2D eigenvalue weighted by Gasteiger charge is 2.42. The van der Waals surface area contributed by atoms with Gasteiger partial charge in [0.15, 0.2) is 0 Å². The van der Waals surface area contributed by atoms with Crippen LogP contribution < -0.4 is 5.32 Å². The molecule has 1 fully saturated rings. The zero-order valence-corrected chi connectivity index (χ0v) is 11.0. The molecule has 1 amide bonds. The monoisotopic (exact) mass is 254 g/mol. The van der Waals surface area contributed by atoms with E-state index in [0.717, 1.165) is 38.5 Å². The number of hydrogen-bond acceptors (Lipinski definition) is 2. The van der Waals surface area contributed by atoms with Gasteiger partial charge in [-0.1, -0.05) is 37.1 Å². The minimum atomic E-state index is -0.755. The van der Waals surface area contributed by atoms with Gasteiger partial charge in [-0.15, -0.1) is 0 Å². The molecule has 98 valence electrons. The van der Waals surface area contributed by atoms with Crippen molar-refractivity contribution in [3.05, 3.63) is 35.4 Å². The number of fused-ring (bicyclic) bond motifs is 1. The van der Waals surface area contributed by atoms with Crippen molar-refractivity contribution < 1.29 is 4.79 Å². The fourth-order valence-corrected chi connectivity index (χ4v) is 3.35. The Balaban J connectivity index is 1.68. The van der Waals surface area contributed by atoms with Crippen molar-refractivity contribution in [3.63, 3.8) is 0 Å². The zero-order valence-electron chi connectivity index (χ0n) is 11.0. The smallest absolute Gasteiger partial charge is 0.240 e. The predicted molar refractivity (Wildman–Crippen MR) is 72.3 cm³/mol. The van der Waals surface area contributed by atoms with Gasteiger partial charge in [0.1, 0.15) is 5.41 Å². The van der Waals surface area contributed by atoms with Crippen LogP contribution in [0.2, 0.25) is 0 Å². The molecular formula is C16H18N2O. The largest absolute Gasteiger partial charge is 0.351 e. The van der Waals surface area contributed by atoms with E-state index in [1.807, 2.05) is 12.1 Å². The summed E-state index contributed by atoms with van der Waals surface area (Å²) in [6.07, 6.45) is 5.20. The molecule has 1 aromatic rings. The molecule has 0 aromatic heterocycles. The molecular weight excluding hydrogens is 236 g/mol. The van der Waals surface area contributed by atoms with Crippen LogP contribution in [0.15, 0.2) is 24.3 Å². The Labute approximate surface area is 113 Å². The first kappa shape index (κ1) is 12.2. The molecule has 3 heteroatoms. The molecule has 1 aromatic carbocycles. The van der Waals surface area contributed by atoms with Crippen LogP contribution in [-0.4, -0.2) is 11.9 Å². The lowest BCUT2D eigenvalue weighted by atomic mass is 9.86. The van der Waals surface area contributed by atoms with E-state index in [1.54, 1.807) is 0 Å². The maximum atomic E-state index is 12.4. The van der Waals surface area contributed by atoms with E-state index in [0.29, 0.717) is 0 Å². The number of carbonyl (C=O) groups excluding carboxylic acids is 1. The lowest BCUT2D eigenvalue weighted by molar-refractivity contribution is -0.128. The Morgan fingerprint density at radius 1 is 1.21 bits per heavy atom. The number of nitriles is 1. The third-order valence-corrected chi connectivity index (χ3v) is 4.49. The third-order valence-electron chi connectivity index (χ3n) is 4.49. The van der Waals surface area contributed by atoms with Crippen LogP contribution in [0.3, 0.4) is 0 Å². The van der Waals surface area contributed by atoms with Gasteiger partial charge in [-0.2, -0.15) is 5.26 Å². The second-order valence-corrected chi connectivity index (χ2v) is 5.75. The number of carbonyl (C=O) groups is 1. The first-order chi connectivity index (χ1) is 9.23. The molecule has 3 rings (SSSR count). The molecule has 0 radical (unpaired) electrons. The maximum absolute atomic E-state index is 12.4. The van der Waals surface area contributed by atoms with Crippen molar-refractivity contribution in [3.8, 4) is 6.07 Å². The van der Waals surface area contributed by atoms with Crippen LogP contribution >= 0.6 is 0 Å². The molecule has 3 nitrogen and oxygen atoms in total. The van der Waals surface area contributed by atoms with Gasteiger partial charge in [0.05, 0.1) is 6.07 Å². The van der Waals surface area contributed by atoms with Gasteiger partial charge >= 0.3 is 0 Å². The van der Waals surface area contributed by atoms with Gasteiger partial charge in [-0.3, -0.25) is 4.79 Å². The van der Waals surface area contributed by atoms with Crippen molar-refractivity contribution in [1.29, 1.82) is 5.26 Å². The summed E-state index contributed by atoms with van der Waals surface area (Å²) in [7, 11) is 0. The minimum absolute atomic E-state index is 0.0506. The van der Waals surface area contributed by atoms with E-state index < -0.39 is 5.41 Å². The van der Waals surface area contributed by atoms with Crippen molar-refractivity contribution in [2.75, 3.05) is 0 Å². The summed E-state index contributed by atoms with van der Waals surface area (Å²) < 4.78 is 0. The summed E-state index contributed by atoms with van der Waals surface area (Å²) in [6, 6.07) is 10.7. The summed E-state index contributed by atoms with van der Waals surface area (Å²) in [5.74, 6) is -0.0506. The molecule has 1 N–H and O–H groups in total. The molecule has 1 saturated carbocycles. The van der Waals surface area contributed by atoms with Crippen LogP contribution in [0.1, 0.15) is 36.8 Å². The van der Waals surface area contributed by atoms with E-state index in [1.165, 1.54) is 11.1 Å². The summed E-state index contributed by atoms with van der Waals surface area (Å²) in [6.45, 7) is 0. The normalized spacial score (nSPS) is 20.8. The second kappa shape index (κ2) is 4.70.